The number of nitrogens with one attached hydrogen (secondary N) is 2. The molecule has 0 saturated heterocycles. The second-order valence-corrected chi connectivity index (χ2v) is 6.33. The van der Waals surface area contributed by atoms with Gasteiger partial charge in [0, 0.05) is 17.7 Å². The Morgan fingerprint density at radius 3 is 2.32 bits per heavy atom. The molecule has 0 aromatic heterocycles. The highest BCUT2D eigenvalue weighted by Gasteiger charge is 2.26. The first-order valence-electron chi connectivity index (χ1n) is 8.42. The van der Waals surface area contributed by atoms with Gasteiger partial charge in [-0.1, -0.05) is 13.8 Å². The van der Waals surface area contributed by atoms with Crippen molar-refractivity contribution in [3.63, 3.8) is 0 Å². The molecule has 0 fully saturated rings. The highest BCUT2D eigenvalue weighted by Crippen LogP contribution is 2.22. The van der Waals surface area contributed by atoms with E-state index in [4.69, 9.17) is 4.74 Å². The molecule has 2 amide bonds. The number of nitro groups is 1. The second-order valence-electron chi connectivity index (χ2n) is 6.33. The van der Waals surface area contributed by atoms with Crippen molar-refractivity contribution < 1.29 is 23.6 Å². The molecular formula is C19H20FN3O5. The lowest BCUT2D eigenvalue weighted by Crippen LogP contribution is -2.47. The van der Waals surface area contributed by atoms with E-state index < -0.39 is 28.6 Å². The predicted octanol–water partition coefficient (Wildman–Crippen LogP) is 3.14. The highest BCUT2D eigenvalue weighted by molar-refractivity contribution is 6.01. The number of carbonyl (C=O) groups is 2. The van der Waals surface area contributed by atoms with Crippen molar-refractivity contribution >= 4 is 23.2 Å². The fraction of sp³-hybridized carbons (Fsp3) is 0.263. The van der Waals surface area contributed by atoms with Crippen LogP contribution in [0.2, 0.25) is 0 Å². The Labute approximate surface area is 160 Å². The van der Waals surface area contributed by atoms with Gasteiger partial charge >= 0.3 is 0 Å². The summed E-state index contributed by atoms with van der Waals surface area (Å²) in [5.74, 6) is -1.73. The highest BCUT2D eigenvalue weighted by atomic mass is 19.1. The summed E-state index contributed by atoms with van der Waals surface area (Å²) in [5.41, 5.74) is -0.371. The summed E-state index contributed by atoms with van der Waals surface area (Å²) in [4.78, 5) is 35.2. The lowest BCUT2D eigenvalue weighted by atomic mass is 10.0. The largest absolute Gasteiger partial charge is 0.497 e. The van der Waals surface area contributed by atoms with Gasteiger partial charge < -0.3 is 15.4 Å². The number of hydrogen-bond donors (Lipinski definition) is 2. The van der Waals surface area contributed by atoms with E-state index in [1.807, 2.05) is 0 Å². The van der Waals surface area contributed by atoms with Crippen LogP contribution in [0.3, 0.4) is 0 Å². The van der Waals surface area contributed by atoms with Crippen molar-refractivity contribution in [2.24, 2.45) is 5.92 Å². The van der Waals surface area contributed by atoms with E-state index in [0.29, 0.717) is 11.3 Å². The lowest BCUT2D eigenvalue weighted by Gasteiger charge is -2.22. The Morgan fingerprint density at radius 2 is 1.79 bits per heavy atom. The molecule has 0 bridgehead atoms. The molecule has 2 N–H and O–H groups in total. The average Bonchev–Trinajstić information content (AvgIpc) is 2.67. The first-order chi connectivity index (χ1) is 13.2. The van der Waals surface area contributed by atoms with Crippen LogP contribution in [0.4, 0.5) is 15.8 Å². The van der Waals surface area contributed by atoms with Crippen LogP contribution in [-0.4, -0.2) is 29.9 Å². The smallest absolute Gasteiger partial charge is 0.271 e. The van der Waals surface area contributed by atoms with Crippen molar-refractivity contribution in [3.05, 3.63) is 64.0 Å². The van der Waals surface area contributed by atoms with Gasteiger partial charge in [0.25, 0.3) is 11.6 Å². The van der Waals surface area contributed by atoms with Crippen LogP contribution in [0.15, 0.2) is 42.5 Å². The number of nitrogens with zero attached hydrogens (tertiary/aromatic N) is 1. The van der Waals surface area contributed by atoms with Crippen molar-refractivity contribution in [2.75, 3.05) is 12.4 Å². The van der Waals surface area contributed by atoms with Crippen molar-refractivity contribution in [2.45, 2.75) is 19.9 Å². The number of anilines is 1. The minimum absolute atomic E-state index is 0.316. The molecule has 0 aliphatic carbocycles. The van der Waals surface area contributed by atoms with Crippen molar-refractivity contribution in [1.29, 1.82) is 0 Å². The monoisotopic (exact) mass is 389 g/mol. The first-order valence-corrected chi connectivity index (χ1v) is 8.42. The molecule has 2 aromatic carbocycles. The van der Waals surface area contributed by atoms with E-state index in [2.05, 4.69) is 10.6 Å². The summed E-state index contributed by atoms with van der Waals surface area (Å²) in [5, 5.41) is 15.8. The van der Waals surface area contributed by atoms with Crippen LogP contribution in [0.1, 0.15) is 24.2 Å². The molecule has 1 atom stereocenters. The summed E-state index contributed by atoms with van der Waals surface area (Å²) in [6.07, 6.45) is 0. The SMILES string of the molecule is COc1ccc(C(=O)NC(C(=O)Nc2cc([N+](=O)[O-])ccc2F)C(C)C)cc1. The van der Waals surface area contributed by atoms with Gasteiger partial charge in [0.2, 0.25) is 5.91 Å². The number of benzene rings is 2. The Bertz CT molecular complexity index is 884. The van der Waals surface area contributed by atoms with E-state index in [1.54, 1.807) is 38.1 Å². The number of non-ortho nitro benzene ring substituents is 1. The van der Waals surface area contributed by atoms with E-state index in [0.717, 1.165) is 18.2 Å². The zero-order valence-corrected chi connectivity index (χ0v) is 15.6. The number of amides is 2. The van der Waals surface area contributed by atoms with Crippen LogP contribution >= 0.6 is 0 Å². The number of halogens is 1. The quantitative estimate of drug-likeness (QED) is 0.558. The van der Waals surface area contributed by atoms with Gasteiger partial charge in [-0.3, -0.25) is 19.7 Å². The molecule has 9 heteroatoms. The zero-order valence-electron chi connectivity index (χ0n) is 15.6. The number of carbonyl (C=O) groups excluding carboxylic acids is 2. The van der Waals surface area contributed by atoms with Crippen LogP contribution in [0.25, 0.3) is 0 Å². The van der Waals surface area contributed by atoms with Gasteiger partial charge in [0.05, 0.1) is 17.7 Å². The van der Waals surface area contributed by atoms with Gasteiger partial charge in [-0.25, -0.2) is 4.39 Å². The Balaban J connectivity index is 2.16. The number of rotatable bonds is 7. The Hall–Kier alpha value is -3.49. The summed E-state index contributed by atoms with van der Waals surface area (Å²) >= 11 is 0. The number of ether oxygens (including phenoxy) is 1. The third-order valence-corrected chi connectivity index (χ3v) is 4.01. The zero-order chi connectivity index (χ0) is 20.8. The van der Waals surface area contributed by atoms with E-state index in [1.165, 1.54) is 7.11 Å². The first kappa shape index (κ1) is 20.8. The maximum absolute atomic E-state index is 13.9. The molecule has 1 unspecified atom stereocenters. The van der Waals surface area contributed by atoms with Gasteiger partial charge in [-0.05, 0) is 36.2 Å². The Kier molecular flexibility index (Phi) is 6.64. The fourth-order valence-corrected chi connectivity index (χ4v) is 2.44. The number of nitro benzene ring substituents is 1. The summed E-state index contributed by atoms with van der Waals surface area (Å²) < 4.78 is 19.0. The minimum atomic E-state index is -0.978. The van der Waals surface area contributed by atoms with Crippen LogP contribution < -0.4 is 15.4 Å². The number of hydrogen-bond acceptors (Lipinski definition) is 5. The van der Waals surface area contributed by atoms with Gasteiger partial charge in [0.1, 0.15) is 17.6 Å². The van der Waals surface area contributed by atoms with Gasteiger partial charge in [-0.15, -0.1) is 0 Å². The topological polar surface area (TPSA) is 111 Å². The van der Waals surface area contributed by atoms with Crippen LogP contribution in [0, 0.1) is 21.8 Å². The summed E-state index contributed by atoms with van der Waals surface area (Å²) in [7, 11) is 1.50. The molecule has 0 aliphatic heterocycles. The molecule has 0 radical (unpaired) electrons. The van der Waals surface area contributed by atoms with Gasteiger partial charge in [-0.2, -0.15) is 0 Å². The second kappa shape index (κ2) is 8.94. The molecule has 8 nitrogen and oxygen atoms in total. The predicted molar refractivity (Wildman–Crippen MR) is 101 cm³/mol. The summed E-state index contributed by atoms with van der Waals surface area (Å²) in [6, 6.07) is 8.15. The maximum Gasteiger partial charge on any atom is 0.271 e. The summed E-state index contributed by atoms with van der Waals surface area (Å²) in [6.45, 7) is 3.42. The van der Waals surface area contributed by atoms with Gasteiger partial charge in [0.15, 0.2) is 0 Å². The Morgan fingerprint density at radius 1 is 1.14 bits per heavy atom. The molecule has 0 saturated carbocycles. The molecular weight excluding hydrogens is 369 g/mol. The molecule has 2 rings (SSSR count). The van der Waals surface area contributed by atoms with Crippen LogP contribution in [-0.2, 0) is 4.79 Å². The molecule has 0 heterocycles. The maximum atomic E-state index is 13.9. The fourth-order valence-electron chi connectivity index (χ4n) is 2.44. The molecule has 28 heavy (non-hydrogen) atoms. The number of methoxy groups -OCH3 is 1. The van der Waals surface area contributed by atoms with Crippen molar-refractivity contribution in [1.82, 2.24) is 5.32 Å². The normalized spacial score (nSPS) is 11.6. The van der Waals surface area contributed by atoms with E-state index in [9.17, 15) is 24.1 Å². The standard InChI is InChI=1S/C19H20FN3O5/c1-11(2)17(22-18(24)12-4-7-14(28-3)8-5-12)19(25)21-16-10-13(23(26)27)6-9-15(16)20/h4-11,17H,1-3H3,(H,21,25)(H,22,24). The van der Waals surface area contributed by atoms with Crippen LogP contribution in [0.5, 0.6) is 5.75 Å². The molecule has 0 aliphatic rings. The molecule has 2 aromatic rings. The minimum Gasteiger partial charge on any atom is -0.497 e. The lowest BCUT2D eigenvalue weighted by molar-refractivity contribution is -0.384. The van der Waals surface area contributed by atoms with Crippen molar-refractivity contribution in [3.8, 4) is 5.75 Å². The van der Waals surface area contributed by atoms with E-state index >= 15 is 0 Å². The third kappa shape index (κ3) is 5.03. The third-order valence-electron chi connectivity index (χ3n) is 4.01. The average molecular weight is 389 g/mol. The molecule has 148 valence electrons. The van der Waals surface area contributed by atoms with E-state index in [-0.39, 0.29) is 17.3 Å². The molecule has 0 spiro atoms.